The zero-order chi connectivity index (χ0) is 11.4. The summed E-state index contributed by atoms with van der Waals surface area (Å²) in [5.41, 5.74) is 0. The van der Waals surface area contributed by atoms with Gasteiger partial charge in [-0.3, -0.25) is 0 Å². The zero-order valence-corrected chi connectivity index (χ0v) is 11.0. The number of hydrogen-bond donors (Lipinski definition) is 1. The molecule has 2 aliphatic rings. The minimum absolute atomic E-state index is 0.731. The van der Waals surface area contributed by atoms with Gasteiger partial charge < -0.3 is 10.2 Å². The summed E-state index contributed by atoms with van der Waals surface area (Å²) >= 11 is 0. The van der Waals surface area contributed by atoms with Crippen LogP contribution in [0, 0.1) is 5.92 Å². The Kier molecular flexibility index (Phi) is 4.66. The molecular weight excluding hydrogens is 196 g/mol. The summed E-state index contributed by atoms with van der Waals surface area (Å²) in [6.45, 7) is 4.89. The van der Waals surface area contributed by atoms with E-state index in [1.807, 2.05) is 0 Å². The van der Waals surface area contributed by atoms with E-state index < -0.39 is 0 Å². The van der Waals surface area contributed by atoms with E-state index in [4.69, 9.17) is 0 Å². The third kappa shape index (κ3) is 3.21. The van der Waals surface area contributed by atoms with E-state index in [0.717, 1.165) is 18.0 Å². The van der Waals surface area contributed by atoms with Gasteiger partial charge in [0, 0.05) is 18.6 Å². The number of nitrogens with zero attached hydrogens (tertiary/aromatic N) is 1. The quantitative estimate of drug-likeness (QED) is 0.790. The van der Waals surface area contributed by atoms with Crippen molar-refractivity contribution in [2.24, 2.45) is 5.92 Å². The summed E-state index contributed by atoms with van der Waals surface area (Å²) in [6.07, 6.45) is 10.1. The first-order valence-electron chi connectivity index (χ1n) is 7.21. The van der Waals surface area contributed by atoms with Crippen molar-refractivity contribution in [1.29, 1.82) is 0 Å². The van der Waals surface area contributed by atoms with Gasteiger partial charge in [-0.2, -0.15) is 0 Å². The van der Waals surface area contributed by atoms with Gasteiger partial charge in [0.1, 0.15) is 0 Å². The number of hydrogen-bond acceptors (Lipinski definition) is 2. The maximum Gasteiger partial charge on any atom is 0.0218 e. The number of rotatable bonds is 4. The topological polar surface area (TPSA) is 15.3 Å². The van der Waals surface area contributed by atoms with Crippen molar-refractivity contribution in [3.05, 3.63) is 0 Å². The van der Waals surface area contributed by atoms with Crippen LogP contribution in [0.4, 0.5) is 0 Å². The van der Waals surface area contributed by atoms with Gasteiger partial charge >= 0.3 is 0 Å². The molecule has 0 aromatic heterocycles. The second kappa shape index (κ2) is 6.02. The van der Waals surface area contributed by atoms with E-state index in [1.54, 1.807) is 0 Å². The van der Waals surface area contributed by atoms with Crippen molar-refractivity contribution in [3.63, 3.8) is 0 Å². The van der Waals surface area contributed by atoms with Crippen LogP contribution in [-0.4, -0.2) is 37.1 Å². The monoisotopic (exact) mass is 224 g/mol. The molecule has 0 radical (unpaired) electrons. The molecule has 0 spiro atoms. The Labute approximate surface area is 101 Å². The Morgan fingerprint density at radius 1 is 1.12 bits per heavy atom. The van der Waals surface area contributed by atoms with Gasteiger partial charge in [0.2, 0.25) is 0 Å². The molecule has 94 valence electrons. The third-order valence-corrected chi connectivity index (χ3v) is 4.70. The Morgan fingerprint density at radius 3 is 2.50 bits per heavy atom. The number of nitrogens with one attached hydrogen (secondary N) is 1. The SMILES string of the molecule is CC(NCC1CCCN1C)C1CCCCC1. The van der Waals surface area contributed by atoms with Gasteiger partial charge in [-0.05, 0) is 52.1 Å². The fourth-order valence-corrected chi connectivity index (χ4v) is 3.36. The van der Waals surface area contributed by atoms with E-state index in [1.165, 1.54) is 58.0 Å². The van der Waals surface area contributed by atoms with Crippen LogP contribution in [0.25, 0.3) is 0 Å². The largest absolute Gasteiger partial charge is 0.312 e. The molecule has 0 aromatic carbocycles. The summed E-state index contributed by atoms with van der Waals surface area (Å²) in [6, 6.07) is 1.53. The van der Waals surface area contributed by atoms with Crippen LogP contribution < -0.4 is 5.32 Å². The predicted molar refractivity (Wildman–Crippen MR) is 69.7 cm³/mol. The first-order chi connectivity index (χ1) is 7.77. The second-order valence-corrected chi connectivity index (χ2v) is 5.87. The molecule has 2 rings (SSSR count). The van der Waals surface area contributed by atoms with Crippen LogP contribution in [0.3, 0.4) is 0 Å². The van der Waals surface area contributed by atoms with Crippen LogP contribution in [0.2, 0.25) is 0 Å². The first kappa shape index (κ1) is 12.4. The van der Waals surface area contributed by atoms with E-state index in [-0.39, 0.29) is 0 Å². The maximum absolute atomic E-state index is 3.78. The average Bonchev–Trinajstić information content (AvgIpc) is 2.73. The highest BCUT2D eigenvalue weighted by atomic mass is 15.2. The van der Waals surface area contributed by atoms with Crippen molar-refractivity contribution in [2.45, 2.75) is 64.0 Å². The Morgan fingerprint density at radius 2 is 1.88 bits per heavy atom. The molecule has 0 aromatic rings. The molecule has 0 amide bonds. The Hall–Kier alpha value is -0.0800. The Bertz CT molecular complexity index is 199. The second-order valence-electron chi connectivity index (χ2n) is 5.87. The summed E-state index contributed by atoms with van der Waals surface area (Å²) < 4.78 is 0. The minimum atomic E-state index is 0.731. The molecule has 1 saturated carbocycles. The number of likely N-dealkylation sites (tertiary alicyclic amines) is 1. The van der Waals surface area contributed by atoms with Crippen molar-refractivity contribution < 1.29 is 0 Å². The third-order valence-electron chi connectivity index (χ3n) is 4.70. The molecule has 1 aliphatic heterocycles. The van der Waals surface area contributed by atoms with Crippen LogP contribution in [0.15, 0.2) is 0 Å². The summed E-state index contributed by atoms with van der Waals surface area (Å²) in [4.78, 5) is 2.51. The van der Waals surface area contributed by atoms with E-state index in [2.05, 4.69) is 24.2 Å². The summed E-state index contributed by atoms with van der Waals surface area (Å²) in [7, 11) is 2.27. The fourth-order valence-electron chi connectivity index (χ4n) is 3.36. The molecule has 16 heavy (non-hydrogen) atoms. The molecule has 2 heteroatoms. The molecule has 2 atom stereocenters. The fraction of sp³-hybridized carbons (Fsp3) is 1.00. The van der Waals surface area contributed by atoms with Gasteiger partial charge in [-0.1, -0.05) is 19.3 Å². The summed E-state index contributed by atoms with van der Waals surface area (Å²) in [5, 5.41) is 3.78. The molecule has 1 aliphatic carbocycles. The lowest BCUT2D eigenvalue weighted by molar-refractivity contribution is 0.248. The lowest BCUT2D eigenvalue weighted by atomic mass is 9.84. The molecule has 2 unspecified atom stereocenters. The van der Waals surface area contributed by atoms with Crippen LogP contribution >= 0.6 is 0 Å². The maximum atomic E-state index is 3.78. The zero-order valence-electron chi connectivity index (χ0n) is 11.0. The lowest BCUT2D eigenvalue weighted by Gasteiger charge is -2.30. The van der Waals surface area contributed by atoms with Gasteiger partial charge in [0.25, 0.3) is 0 Å². The highest BCUT2D eigenvalue weighted by molar-refractivity contribution is 4.82. The molecule has 1 N–H and O–H groups in total. The van der Waals surface area contributed by atoms with Crippen LogP contribution in [0.5, 0.6) is 0 Å². The molecular formula is C14H28N2. The van der Waals surface area contributed by atoms with Gasteiger partial charge in [-0.25, -0.2) is 0 Å². The van der Waals surface area contributed by atoms with Crippen molar-refractivity contribution in [2.75, 3.05) is 20.1 Å². The first-order valence-corrected chi connectivity index (χ1v) is 7.21. The molecule has 1 saturated heterocycles. The molecule has 2 fully saturated rings. The van der Waals surface area contributed by atoms with Crippen molar-refractivity contribution in [3.8, 4) is 0 Å². The molecule has 0 bridgehead atoms. The predicted octanol–water partition coefficient (Wildman–Crippen LogP) is 2.64. The van der Waals surface area contributed by atoms with E-state index in [9.17, 15) is 0 Å². The van der Waals surface area contributed by atoms with Crippen molar-refractivity contribution >= 4 is 0 Å². The van der Waals surface area contributed by atoms with Crippen LogP contribution in [-0.2, 0) is 0 Å². The minimum Gasteiger partial charge on any atom is -0.312 e. The molecule has 1 heterocycles. The van der Waals surface area contributed by atoms with E-state index in [0.29, 0.717) is 0 Å². The Balaban J connectivity index is 1.68. The van der Waals surface area contributed by atoms with E-state index >= 15 is 0 Å². The van der Waals surface area contributed by atoms with Gasteiger partial charge in [-0.15, -0.1) is 0 Å². The average molecular weight is 224 g/mol. The highest BCUT2D eigenvalue weighted by Crippen LogP contribution is 2.26. The standard InChI is InChI=1S/C14H28N2/c1-12(13-7-4-3-5-8-13)15-11-14-9-6-10-16(14)2/h12-15H,3-11H2,1-2H3. The molecule has 2 nitrogen and oxygen atoms in total. The highest BCUT2D eigenvalue weighted by Gasteiger charge is 2.23. The van der Waals surface area contributed by atoms with Gasteiger partial charge in [0.15, 0.2) is 0 Å². The number of likely N-dealkylation sites (N-methyl/N-ethyl adjacent to an activating group) is 1. The van der Waals surface area contributed by atoms with Gasteiger partial charge in [0.05, 0.1) is 0 Å². The lowest BCUT2D eigenvalue weighted by Crippen LogP contribution is -2.42. The normalized spacial score (nSPS) is 30.8. The summed E-state index contributed by atoms with van der Waals surface area (Å²) in [5.74, 6) is 0.945. The van der Waals surface area contributed by atoms with Crippen molar-refractivity contribution in [1.82, 2.24) is 10.2 Å². The smallest absolute Gasteiger partial charge is 0.0218 e. The van der Waals surface area contributed by atoms with Crippen LogP contribution in [0.1, 0.15) is 51.9 Å².